The van der Waals surface area contributed by atoms with Crippen molar-refractivity contribution in [1.82, 2.24) is 29.1 Å². The second-order valence-corrected chi connectivity index (χ2v) is 19.6. The number of hydrogen-bond donors (Lipinski definition) is 0. The molecule has 0 bridgehead atoms. The number of rotatable bonds is 8. The summed E-state index contributed by atoms with van der Waals surface area (Å²) in [6, 6.07) is 57.6. The van der Waals surface area contributed by atoms with Crippen LogP contribution < -0.4 is 0 Å². The highest BCUT2D eigenvalue weighted by molar-refractivity contribution is 6.13. The monoisotopic (exact) mass is 1090 g/mol. The summed E-state index contributed by atoms with van der Waals surface area (Å²) in [5.41, 5.74) is 4.21. The summed E-state index contributed by atoms with van der Waals surface area (Å²) >= 11 is 0. The molecule has 4 heterocycles. The van der Waals surface area contributed by atoms with Crippen LogP contribution in [-0.4, -0.2) is 29.1 Å². The minimum atomic E-state index is -5.11. The summed E-state index contributed by atoms with van der Waals surface area (Å²) < 4.78 is 133. The van der Waals surface area contributed by atoms with E-state index in [1.165, 1.54) is 12.1 Å². The first-order chi connectivity index (χ1) is 39.0. The average Bonchev–Trinajstić information content (AvgIpc) is 3.69. The third kappa shape index (κ3) is 9.00. The topological polar surface area (TPSA) is 61.4 Å². The van der Waals surface area contributed by atoms with E-state index in [-0.39, 0.29) is 17.2 Å². The Morgan fingerprint density at radius 2 is 0.778 bits per heavy atom. The van der Waals surface area contributed by atoms with Crippen LogP contribution in [0.5, 0.6) is 0 Å². The molecule has 0 fully saturated rings. The standard InChI is InChI=1S/C66H39F9N6/c1-38-20-25-45(53(32-38)65(70,71)72)41-22-28-57-51(33-41)47-16-8-10-18-55(47)80(57)59-35-43(63-78-61(39-12-4-2-5-13-39)77-62(79-63)40-14-6-3-7-15-40)21-26-49(59)50-30-31-76-37-60(50)81-56-19-11-9-17-48(56)52-34-42(23-29-58(52)81)46-27-24-44(64(67,68)69)36-54(46)66(73,74)75/h2-37H,1H3. The zero-order valence-corrected chi connectivity index (χ0v) is 42.4. The van der Waals surface area contributed by atoms with E-state index in [0.717, 1.165) is 34.2 Å². The van der Waals surface area contributed by atoms with Crippen molar-refractivity contribution in [3.63, 3.8) is 0 Å². The molecule has 0 N–H and O–H groups in total. The molecule has 81 heavy (non-hydrogen) atoms. The normalized spacial score (nSPS) is 12.3. The number of aryl methyl sites for hydroxylation is 1. The average molecular weight is 1090 g/mol. The number of benzene rings is 9. The first-order valence-electron chi connectivity index (χ1n) is 25.5. The summed E-state index contributed by atoms with van der Waals surface area (Å²) in [6.45, 7) is 1.62. The SMILES string of the molecule is Cc1ccc(-c2ccc3c(c2)c2ccccc2n3-c2cc(-c3nc(-c4ccccc4)nc(-c4ccccc4)n3)ccc2-c2ccncc2-n2c3ccccc3c3cc(-c4ccc(C(F)(F)F)cc4C(F)(F)F)ccc32)c(C(F)(F)F)c1. The highest BCUT2D eigenvalue weighted by Gasteiger charge is 2.39. The molecule has 13 rings (SSSR count). The third-order valence-corrected chi connectivity index (χ3v) is 14.6. The third-order valence-electron chi connectivity index (χ3n) is 14.6. The summed E-state index contributed by atoms with van der Waals surface area (Å²) in [5.74, 6) is 1.22. The predicted octanol–water partition coefficient (Wildman–Crippen LogP) is 18.8. The Hall–Kier alpha value is -9.89. The number of pyridine rings is 1. The molecule has 0 aliphatic rings. The molecule has 4 aromatic heterocycles. The number of aromatic nitrogens is 6. The van der Waals surface area contributed by atoms with Crippen LogP contribution in [0.25, 0.3) is 123 Å². The van der Waals surface area contributed by atoms with Gasteiger partial charge in [0.2, 0.25) is 0 Å². The largest absolute Gasteiger partial charge is 0.417 e. The van der Waals surface area contributed by atoms with E-state index in [1.807, 2.05) is 138 Å². The molecule has 0 unspecified atom stereocenters. The Labute approximate surface area is 455 Å². The smallest absolute Gasteiger partial charge is 0.309 e. The van der Waals surface area contributed by atoms with Crippen LogP contribution in [0.3, 0.4) is 0 Å². The van der Waals surface area contributed by atoms with Crippen molar-refractivity contribution in [2.45, 2.75) is 25.5 Å². The lowest BCUT2D eigenvalue weighted by Gasteiger charge is -2.19. The van der Waals surface area contributed by atoms with Crippen LogP contribution >= 0.6 is 0 Å². The van der Waals surface area contributed by atoms with Crippen molar-refractivity contribution >= 4 is 43.6 Å². The summed E-state index contributed by atoms with van der Waals surface area (Å²) in [7, 11) is 0. The summed E-state index contributed by atoms with van der Waals surface area (Å²) in [4.78, 5) is 19.7. The molecule has 6 nitrogen and oxygen atoms in total. The highest BCUT2D eigenvalue weighted by Crippen LogP contribution is 2.46. The first kappa shape index (κ1) is 50.6. The van der Waals surface area contributed by atoms with Gasteiger partial charge >= 0.3 is 18.5 Å². The van der Waals surface area contributed by atoms with E-state index in [2.05, 4.69) is 9.55 Å². The van der Waals surface area contributed by atoms with Gasteiger partial charge in [-0.2, -0.15) is 39.5 Å². The lowest BCUT2D eigenvalue weighted by atomic mass is 9.95. The second kappa shape index (κ2) is 19.2. The maximum absolute atomic E-state index is 14.7. The first-order valence-corrected chi connectivity index (χ1v) is 25.5. The molecule has 9 aromatic carbocycles. The van der Waals surface area contributed by atoms with Crippen molar-refractivity contribution in [3.8, 4) is 78.9 Å². The Balaban J connectivity index is 1.06. The number of fused-ring (bicyclic) bond motifs is 6. The molecule has 15 heteroatoms. The minimum Gasteiger partial charge on any atom is -0.309 e. The van der Waals surface area contributed by atoms with Crippen LogP contribution in [0, 0.1) is 6.92 Å². The van der Waals surface area contributed by atoms with E-state index >= 15 is 0 Å². The Morgan fingerprint density at radius 3 is 1.32 bits per heavy atom. The predicted molar refractivity (Wildman–Crippen MR) is 299 cm³/mol. The molecule has 0 saturated carbocycles. The van der Waals surface area contributed by atoms with Gasteiger partial charge in [-0.1, -0.05) is 145 Å². The Morgan fingerprint density at radius 1 is 0.333 bits per heavy atom. The lowest BCUT2D eigenvalue weighted by molar-refractivity contribution is -0.143. The lowest BCUT2D eigenvalue weighted by Crippen LogP contribution is -2.12. The number of para-hydroxylation sites is 2. The molecule has 0 aliphatic heterocycles. The zero-order valence-electron chi connectivity index (χ0n) is 42.4. The van der Waals surface area contributed by atoms with E-state index in [9.17, 15) is 39.5 Å². The molecule has 0 saturated heterocycles. The van der Waals surface area contributed by atoms with Crippen LogP contribution in [-0.2, 0) is 18.5 Å². The van der Waals surface area contributed by atoms with Crippen molar-refractivity contribution in [1.29, 1.82) is 0 Å². The molecular weight excluding hydrogens is 1050 g/mol. The van der Waals surface area contributed by atoms with Crippen molar-refractivity contribution in [2.75, 3.05) is 0 Å². The zero-order chi connectivity index (χ0) is 56.0. The van der Waals surface area contributed by atoms with Gasteiger partial charge in [-0.15, -0.1) is 0 Å². The van der Waals surface area contributed by atoms with Gasteiger partial charge in [-0.25, -0.2) is 15.0 Å². The van der Waals surface area contributed by atoms with Crippen molar-refractivity contribution in [3.05, 3.63) is 241 Å². The van der Waals surface area contributed by atoms with E-state index < -0.39 is 40.8 Å². The molecular formula is C66H39F9N6. The molecule has 0 radical (unpaired) electrons. The molecule has 0 spiro atoms. The number of nitrogens with zero attached hydrogens (tertiary/aromatic N) is 6. The summed E-state index contributed by atoms with van der Waals surface area (Å²) in [6.07, 6.45) is -11.4. The fourth-order valence-corrected chi connectivity index (χ4v) is 11.0. The maximum Gasteiger partial charge on any atom is 0.417 e. The van der Waals surface area contributed by atoms with Gasteiger partial charge in [0.15, 0.2) is 17.5 Å². The van der Waals surface area contributed by atoms with E-state index in [4.69, 9.17) is 15.0 Å². The van der Waals surface area contributed by atoms with Crippen molar-refractivity contribution in [2.24, 2.45) is 0 Å². The molecule has 0 amide bonds. The van der Waals surface area contributed by atoms with Gasteiger partial charge in [0.1, 0.15) is 0 Å². The molecule has 0 aliphatic carbocycles. The number of halogens is 9. The Kier molecular flexibility index (Phi) is 12.0. The van der Waals surface area contributed by atoms with Crippen LogP contribution in [0.1, 0.15) is 22.3 Å². The van der Waals surface area contributed by atoms with Gasteiger partial charge in [-0.3, -0.25) is 4.98 Å². The van der Waals surface area contributed by atoms with Gasteiger partial charge in [0.25, 0.3) is 0 Å². The minimum absolute atomic E-state index is 0.0349. The maximum atomic E-state index is 14.7. The second-order valence-electron chi connectivity index (χ2n) is 19.6. The summed E-state index contributed by atoms with van der Waals surface area (Å²) in [5, 5.41) is 2.62. The molecule has 0 atom stereocenters. The van der Waals surface area contributed by atoms with Gasteiger partial charge < -0.3 is 9.13 Å². The van der Waals surface area contributed by atoms with Crippen molar-refractivity contribution < 1.29 is 39.5 Å². The molecule has 13 aromatic rings. The van der Waals surface area contributed by atoms with Gasteiger partial charge in [0, 0.05) is 55.6 Å². The van der Waals surface area contributed by atoms with Crippen LogP contribution in [0.15, 0.2) is 219 Å². The Bertz CT molecular complexity index is 4560. The van der Waals surface area contributed by atoms with Gasteiger partial charge in [-0.05, 0) is 95.9 Å². The van der Waals surface area contributed by atoms with Gasteiger partial charge in [0.05, 0.1) is 56.3 Å². The fourth-order valence-electron chi connectivity index (χ4n) is 11.0. The number of alkyl halides is 9. The highest BCUT2D eigenvalue weighted by atomic mass is 19.4. The quantitative estimate of drug-likeness (QED) is 0.142. The number of hydrogen-bond acceptors (Lipinski definition) is 4. The van der Waals surface area contributed by atoms with E-state index in [0.29, 0.717) is 95.4 Å². The van der Waals surface area contributed by atoms with Crippen LogP contribution in [0.2, 0.25) is 0 Å². The molecule has 396 valence electrons. The fraction of sp³-hybridized carbons (Fsp3) is 0.0606. The van der Waals surface area contributed by atoms with E-state index in [1.54, 1.807) is 55.7 Å². The van der Waals surface area contributed by atoms with Crippen LogP contribution in [0.4, 0.5) is 39.5 Å².